The van der Waals surface area contributed by atoms with Crippen LogP contribution >= 0.6 is 11.3 Å². The predicted molar refractivity (Wildman–Crippen MR) is 79.1 cm³/mol. The zero-order valence-corrected chi connectivity index (χ0v) is 12.0. The van der Waals surface area contributed by atoms with Gasteiger partial charge in [0.1, 0.15) is 5.65 Å². The Morgan fingerprint density at radius 1 is 1.50 bits per heavy atom. The summed E-state index contributed by atoms with van der Waals surface area (Å²) in [4.78, 5) is 24.1. The fourth-order valence-electron chi connectivity index (χ4n) is 2.00. The van der Waals surface area contributed by atoms with Crippen molar-refractivity contribution in [3.63, 3.8) is 0 Å². The van der Waals surface area contributed by atoms with Gasteiger partial charge in [0.2, 0.25) is 5.78 Å². The highest BCUT2D eigenvalue weighted by Gasteiger charge is 2.19. The maximum atomic E-state index is 12.5. The Morgan fingerprint density at radius 3 is 3.15 bits per heavy atom. The Morgan fingerprint density at radius 2 is 2.35 bits per heavy atom. The molecule has 3 heterocycles. The quantitative estimate of drug-likeness (QED) is 0.723. The van der Waals surface area contributed by atoms with Gasteiger partial charge in [0, 0.05) is 29.2 Å². The lowest BCUT2D eigenvalue weighted by atomic mass is 10.1. The van der Waals surface area contributed by atoms with Gasteiger partial charge in [-0.05, 0) is 26.1 Å². The van der Waals surface area contributed by atoms with Crippen molar-refractivity contribution in [2.24, 2.45) is 0 Å². The minimum absolute atomic E-state index is 0.0659. The first-order valence-corrected chi connectivity index (χ1v) is 7.18. The van der Waals surface area contributed by atoms with E-state index in [0.29, 0.717) is 10.6 Å². The highest BCUT2D eigenvalue weighted by Crippen LogP contribution is 2.23. The number of carbonyl (C=O) groups is 1. The van der Waals surface area contributed by atoms with Crippen LogP contribution in [0, 0.1) is 0 Å². The molecule has 3 aromatic rings. The van der Waals surface area contributed by atoms with E-state index in [1.807, 2.05) is 31.5 Å². The maximum absolute atomic E-state index is 12.5. The minimum Gasteiger partial charge on any atom is -0.345 e. The van der Waals surface area contributed by atoms with Crippen LogP contribution in [0.2, 0.25) is 0 Å². The summed E-state index contributed by atoms with van der Waals surface area (Å²) in [5, 5.41) is 6.37. The molecule has 0 spiro atoms. The number of rotatable bonds is 4. The fourth-order valence-corrected chi connectivity index (χ4v) is 2.86. The van der Waals surface area contributed by atoms with Gasteiger partial charge in [0.25, 0.3) is 0 Å². The summed E-state index contributed by atoms with van der Waals surface area (Å²) < 4.78 is 0. The largest absolute Gasteiger partial charge is 0.345 e. The molecule has 1 atom stereocenters. The smallest absolute Gasteiger partial charge is 0.223 e. The second kappa shape index (κ2) is 5.15. The number of aromatic amines is 1. The average Bonchev–Trinajstić information content (AvgIpc) is 3.12. The molecule has 0 fully saturated rings. The molecule has 3 aromatic heterocycles. The standard InChI is InChI=1S/C14H14N4OS/c1-8(15-2)11-7-20-14(18-11)12(19)10-6-17-13-9(10)4-3-5-16-13/h3-8,15H,1-2H3,(H,16,17)/t8-/m0/s1. The molecule has 0 radical (unpaired) electrons. The number of pyridine rings is 1. The Hall–Kier alpha value is -2.05. The van der Waals surface area contributed by atoms with Crippen molar-refractivity contribution in [2.75, 3.05) is 7.05 Å². The highest BCUT2D eigenvalue weighted by molar-refractivity contribution is 7.12. The molecule has 6 heteroatoms. The van der Waals surface area contributed by atoms with Crippen LogP contribution in [0.4, 0.5) is 0 Å². The van der Waals surface area contributed by atoms with Crippen molar-refractivity contribution in [3.8, 4) is 0 Å². The first-order valence-electron chi connectivity index (χ1n) is 6.30. The molecule has 0 unspecified atom stereocenters. The number of nitrogens with one attached hydrogen (secondary N) is 2. The van der Waals surface area contributed by atoms with E-state index in [1.165, 1.54) is 11.3 Å². The van der Waals surface area contributed by atoms with E-state index in [-0.39, 0.29) is 11.8 Å². The number of nitrogens with zero attached hydrogens (tertiary/aromatic N) is 2. The summed E-state index contributed by atoms with van der Waals surface area (Å²) in [6, 6.07) is 3.84. The third-order valence-corrected chi connectivity index (χ3v) is 4.15. The summed E-state index contributed by atoms with van der Waals surface area (Å²) in [5.74, 6) is -0.0659. The van der Waals surface area contributed by atoms with E-state index in [0.717, 1.165) is 16.7 Å². The number of thiazole rings is 1. The molecule has 3 rings (SSSR count). The van der Waals surface area contributed by atoms with Gasteiger partial charge in [-0.1, -0.05) is 0 Å². The van der Waals surface area contributed by atoms with Crippen LogP contribution in [0.15, 0.2) is 29.9 Å². The summed E-state index contributed by atoms with van der Waals surface area (Å²) in [7, 11) is 1.87. The zero-order valence-electron chi connectivity index (χ0n) is 11.2. The number of hydrogen-bond donors (Lipinski definition) is 2. The SMILES string of the molecule is CN[C@@H](C)c1csc(C(=O)c2c[nH]c3ncccc23)n1. The number of hydrogen-bond acceptors (Lipinski definition) is 5. The Labute approximate surface area is 120 Å². The normalized spacial score (nSPS) is 12.7. The summed E-state index contributed by atoms with van der Waals surface area (Å²) in [6.45, 7) is 2.01. The van der Waals surface area contributed by atoms with Gasteiger partial charge in [-0.2, -0.15) is 0 Å². The van der Waals surface area contributed by atoms with Crippen molar-refractivity contribution in [1.29, 1.82) is 0 Å². The van der Waals surface area contributed by atoms with Crippen molar-refractivity contribution < 1.29 is 4.79 Å². The lowest BCUT2D eigenvalue weighted by Crippen LogP contribution is -2.13. The molecular formula is C14H14N4OS. The Bertz CT molecular complexity index is 761. The second-order valence-corrected chi connectivity index (χ2v) is 5.38. The van der Waals surface area contributed by atoms with Gasteiger partial charge in [0.05, 0.1) is 11.3 Å². The lowest BCUT2D eigenvalue weighted by Gasteiger charge is -2.04. The van der Waals surface area contributed by atoms with Crippen molar-refractivity contribution >= 4 is 28.2 Å². The van der Waals surface area contributed by atoms with Gasteiger partial charge in [-0.15, -0.1) is 11.3 Å². The topological polar surface area (TPSA) is 70.7 Å². The van der Waals surface area contributed by atoms with Gasteiger partial charge in [-0.3, -0.25) is 4.79 Å². The van der Waals surface area contributed by atoms with E-state index in [9.17, 15) is 4.79 Å². The first-order chi connectivity index (χ1) is 9.70. The number of H-pyrrole nitrogens is 1. The second-order valence-electron chi connectivity index (χ2n) is 4.52. The molecule has 0 aromatic carbocycles. The van der Waals surface area contributed by atoms with Gasteiger partial charge in [0.15, 0.2) is 5.01 Å². The molecule has 20 heavy (non-hydrogen) atoms. The summed E-state index contributed by atoms with van der Waals surface area (Å²) in [6.07, 6.45) is 3.39. The van der Waals surface area contributed by atoms with Crippen LogP contribution in [-0.4, -0.2) is 27.8 Å². The van der Waals surface area contributed by atoms with E-state index in [1.54, 1.807) is 12.4 Å². The van der Waals surface area contributed by atoms with Crippen LogP contribution < -0.4 is 5.32 Å². The molecule has 5 nitrogen and oxygen atoms in total. The van der Waals surface area contributed by atoms with Crippen LogP contribution in [0.5, 0.6) is 0 Å². The Balaban J connectivity index is 1.98. The van der Waals surface area contributed by atoms with Gasteiger partial charge >= 0.3 is 0 Å². The maximum Gasteiger partial charge on any atom is 0.223 e. The minimum atomic E-state index is -0.0659. The number of aromatic nitrogens is 3. The van der Waals surface area contributed by atoms with Gasteiger partial charge < -0.3 is 10.3 Å². The van der Waals surface area contributed by atoms with E-state index >= 15 is 0 Å². The summed E-state index contributed by atoms with van der Waals surface area (Å²) in [5.41, 5.74) is 2.22. The third-order valence-electron chi connectivity index (χ3n) is 3.29. The average molecular weight is 286 g/mol. The molecular weight excluding hydrogens is 272 g/mol. The predicted octanol–water partition coefficient (Wildman–Crippen LogP) is 2.53. The summed E-state index contributed by atoms with van der Waals surface area (Å²) >= 11 is 1.37. The molecule has 2 N–H and O–H groups in total. The van der Waals surface area contributed by atoms with Crippen LogP contribution in [-0.2, 0) is 0 Å². The molecule has 0 amide bonds. The van der Waals surface area contributed by atoms with E-state index in [4.69, 9.17) is 0 Å². The monoisotopic (exact) mass is 286 g/mol. The van der Waals surface area contributed by atoms with Crippen molar-refractivity contribution in [1.82, 2.24) is 20.3 Å². The third kappa shape index (κ3) is 2.13. The van der Waals surface area contributed by atoms with Gasteiger partial charge in [-0.25, -0.2) is 9.97 Å². The highest BCUT2D eigenvalue weighted by atomic mass is 32.1. The number of carbonyl (C=O) groups excluding carboxylic acids is 1. The lowest BCUT2D eigenvalue weighted by molar-refractivity contribution is 0.103. The molecule has 0 aliphatic rings. The van der Waals surface area contributed by atoms with E-state index in [2.05, 4.69) is 20.3 Å². The first kappa shape index (κ1) is 13.0. The molecule has 0 aliphatic heterocycles. The molecule has 102 valence electrons. The zero-order chi connectivity index (χ0) is 14.1. The number of ketones is 1. The Kier molecular flexibility index (Phi) is 3.33. The molecule has 0 saturated heterocycles. The molecule has 0 bridgehead atoms. The number of fused-ring (bicyclic) bond motifs is 1. The van der Waals surface area contributed by atoms with E-state index < -0.39 is 0 Å². The molecule has 0 aliphatic carbocycles. The van der Waals surface area contributed by atoms with Crippen LogP contribution in [0.25, 0.3) is 11.0 Å². The van der Waals surface area contributed by atoms with Crippen LogP contribution in [0.3, 0.4) is 0 Å². The van der Waals surface area contributed by atoms with Crippen LogP contribution in [0.1, 0.15) is 34.0 Å². The van der Waals surface area contributed by atoms with Crippen molar-refractivity contribution in [2.45, 2.75) is 13.0 Å². The van der Waals surface area contributed by atoms with Crippen molar-refractivity contribution in [3.05, 3.63) is 46.2 Å². The fraction of sp³-hybridized carbons (Fsp3) is 0.214. The molecule has 0 saturated carbocycles.